The second-order valence-corrected chi connectivity index (χ2v) is 13.8. The number of nitrogens with zero attached hydrogens (tertiary/aromatic N) is 2. The molecular formula is C39H36F7N3O5. The van der Waals surface area contributed by atoms with Crippen molar-refractivity contribution in [3.05, 3.63) is 122 Å². The predicted molar refractivity (Wildman–Crippen MR) is 183 cm³/mol. The van der Waals surface area contributed by atoms with E-state index in [0.717, 1.165) is 17.8 Å². The third-order valence-electron chi connectivity index (χ3n) is 9.91. The van der Waals surface area contributed by atoms with Gasteiger partial charge in [-0.2, -0.15) is 13.2 Å². The van der Waals surface area contributed by atoms with Gasteiger partial charge in [0.15, 0.2) is 0 Å². The summed E-state index contributed by atoms with van der Waals surface area (Å²) in [4.78, 5) is 41.7. The van der Waals surface area contributed by atoms with Crippen molar-refractivity contribution in [2.24, 2.45) is 0 Å². The Kier molecular flexibility index (Phi) is 10.6. The zero-order chi connectivity index (χ0) is 39.1. The van der Waals surface area contributed by atoms with Gasteiger partial charge in [-0.05, 0) is 78.4 Å². The Bertz CT molecular complexity index is 2160. The van der Waals surface area contributed by atoms with E-state index in [-0.39, 0.29) is 49.9 Å². The van der Waals surface area contributed by atoms with E-state index in [4.69, 9.17) is 4.74 Å². The molecule has 0 spiro atoms. The fourth-order valence-corrected chi connectivity index (χ4v) is 7.10. The summed E-state index contributed by atoms with van der Waals surface area (Å²) in [6.07, 6.45) is -6.44. The van der Waals surface area contributed by atoms with Gasteiger partial charge in [-0.1, -0.05) is 18.2 Å². The van der Waals surface area contributed by atoms with Crippen molar-refractivity contribution >= 4 is 11.9 Å². The van der Waals surface area contributed by atoms with Crippen LogP contribution in [0.15, 0.2) is 65.6 Å². The molecule has 0 saturated carbocycles. The maximum atomic E-state index is 16.0. The molecule has 2 N–H and O–H groups in total. The van der Waals surface area contributed by atoms with Crippen LogP contribution >= 0.6 is 0 Å². The number of aryl methyl sites for hydroxylation is 2. The first kappa shape index (κ1) is 38.5. The standard InChI is InChI=1S/C39H36F7N3O5/c1-21-4-3-5-31-34(21)25-14-22(2)35(41)27(16-25)30(18-33(51)52)47-37(53)36(26-15-23(20-54-31)6-7-29(26)40)49-19-24(28(17-32(49)50)39(44,45)46)8-11-48-12-9-38(42,43)10-13-48/h3-7,14-17,19,30,36H,8-13,18,20H2,1-2H3,(H,47,53)(H,51,52)/t30-,36-/m0/s1. The highest BCUT2D eigenvalue weighted by Gasteiger charge is 2.38. The number of hydrogen-bond acceptors (Lipinski definition) is 5. The maximum Gasteiger partial charge on any atom is 0.416 e. The minimum Gasteiger partial charge on any atom is -0.488 e. The van der Waals surface area contributed by atoms with E-state index in [1.165, 1.54) is 31.2 Å². The third kappa shape index (κ3) is 8.15. The van der Waals surface area contributed by atoms with E-state index in [0.29, 0.717) is 27.0 Å². The van der Waals surface area contributed by atoms with E-state index in [1.807, 2.05) is 0 Å². The molecular weight excluding hydrogens is 723 g/mol. The molecule has 3 heterocycles. The lowest BCUT2D eigenvalue weighted by atomic mass is 9.91. The first-order valence-electron chi connectivity index (χ1n) is 17.2. The number of pyridine rings is 1. The number of amides is 1. The van der Waals surface area contributed by atoms with Crippen molar-refractivity contribution in [3.63, 3.8) is 0 Å². The predicted octanol–water partition coefficient (Wildman–Crippen LogP) is 7.52. The Hall–Kier alpha value is -5.18. The SMILES string of the molecule is Cc1cc2cc(c1F)[C@H](CC(=O)O)NC(=O)[C@@H](n1cc(CCN3CCC(F)(F)CC3)c(C(F)(F)F)cc1=O)c1cc(ccc1F)COc1cccc(C)c1-2. The number of nitrogens with one attached hydrogen (secondary N) is 1. The van der Waals surface area contributed by atoms with Gasteiger partial charge in [-0.15, -0.1) is 0 Å². The number of piperidine rings is 1. The van der Waals surface area contributed by atoms with Crippen LogP contribution in [0, 0.1) is 25.5 Å². The normalized spacial score (nSPS) is 18.9. The van der Waals surface area contributed by atoms with Gasteiger partial charge in [0.25, 0.3) is 11.5 Å². The van der Waals surface area contributed by atoms with Crippen LogP contribution < -0.4 is 15.6 Å². The molecule has 2 atom stereocenters. The average Bonchev–Trinajstić information content (AvgIpc) is 3.09. The lowest BCUT2D eigenvalue weighted by molar-refractivity contribution is -0.139. The number of hydrogen-bond donors (Lipinski definition) is 2. The van der Waals surface area contributed by atoms with Crippen LogP contribution in [0.4, 0.5) is 30.7 Å². The summed E-state index contributed by atoms with van der Waals surface area (Å²) in [6, 6.07) is 8.33. The molecule has 54 heavy (non-hydrogen) atoms. The second-order valence-electron chi connectivity index (χ2n) is 13.8. The number of ether oxygens (including phenoxy) is 1. The van der Waals surface area contributed by atoms with Crippen molar-refractivity contribution in [2.75, 3.05) is 19.6 Å². The van der Waals surface area contributed by atoms with Gasteiger partial charge < -0.3 is 20.1 Å². The molecule has 2 aliphatic rings. The molecule has 4 aromatic rings. The zero-order valence-electron chi connectivity index (χ0n) is 29.2. The summed E-state index contributed by atoms with van der Waals surface area (Å²) < 4.78 is 109. The Balaban J connectivity index is 1.52. The van der Waals surface area contributed by atoms with Crippen LogP contribution in [0.1, 0.15) is 70.3 Å². The van der Waals surface area contributed by atoms with E-state index in [1.54, 1.807) is 30.0 Å². The summed E-state index contributed by atoms with van der Waals surface area (Å²) in [5, 5.41) is 12.3. The van der Waals surface area contributed by atoms with Crippen molar-refractivity contribution in [1.29, 1.82) is 0 Å². The lowest BCUT2D eigenvalue weighted by Crippen LogP contribution is -2.42. The van der Waals surface area contributed by atoms with Crippen molar-refractivity contribution in [1.82, 2.24) is 14.8 Å². The molecule has 0 aliphatic carbocycles. The van der Waals surface area contributed by atoms with Gasteiger partial charge in [0.05, 0.1) is 18.0 Å². The fourth-order valence-electron chi connectivity index (χ4n) is 7.10. The van der Waals surface area contributed by atoms with Crippen molar-refractivity contribution in [2.45, 2.75) is 70.3 Å². The molecule has 8 nitrogen and oxygen atoms in total. The highest BCUT2D eigenvalue weighted by atomic mass is 19.4. The lowest BCUT2D eigenvalue weighted by Gasteiger charge is -2.32. The van der Waals surface area contributed by atoms with Gasteiger partial charge in [-0.3, -0.25) is 19.0 Å². The number of alkyl halides is 5. The topological polar surface area (TPSA) is 101 Å². The number of carboxylic acid groups (broad SMARTS) is 1. The van der Waals surface area contributed by atoms with Crippen LogP contribution in [0.5, 0.6) is 5.75 Å². The minimum atomic E-state index is -5.03. The molecule has 6 rings (SSSR count). The number of rotatable bonds is 6. The van der Waals surface area contributed by atoms with Gasteiger partial charge in [0, 0.05) is 61.4 Å². The second kappa shape index (κ2) is 14.9. The van der Waals surface area contributed by atoms with E-state index >= 15 is 8.78 Å². The quantitative estimate of drug-likeness (QED) is 0.198. The van der Waals surface area contributed by atoms with Crippen LogP contribution in [0.2, 0.25) is 0 Å². The minimum absolute atomic E-state index is 0.0780. The number of fused-ring (bicyclic) bond motifs is 6. The van der Waals surface area contributed by atoms with Gasteiger partial charge in [0.1, 0.15) is 30.0 Å². The largest absolute Gasteiger partial charge is 0.488 e. The third-order valence-corrected chi connectivity index (χ3v) is 9.91. The number of aliphatic carboxylic acids is 1. The number of likely N-dealkylation sites (tertiary alicyclic amines) is 1. The van der Waals surface area contributed by atoms with Crippen molar-refractivity contribution in [3.8, 4) is 16.9 Å². The molecule has 1 amide bonds. The first-order valence-corrected chi connectivity index (χ1v) is 17.2. The number of carbonyl (C=O) groups is 2. The van der Waals surface area contributed by atoms with Gasteiger partial charge in [-0.25, -0.2) is 17.6 Å². The molecule has 0 unspecified atom stereocenters. The number of benzene rings is 3. The molecule has 2 aliphatic heterocycles. The van der Waals surface area contributed by atoms with E-state index in [9.17, 15) is 41.4 Å². The summed E-state index contributed by atoms with van der Waals surface area (Å²) in [7, 11) is 0. The molecule has 3 aromatic carbocycles. The molecule has 286 valence electrons. The van der Waals surface area contributed by atoms with Crippen molar-refractivity contribution < 1.29 is 50.2 Å². The molecule has 15 heteroatoms. The average molecular weight is 760 g/mol. The Morgan fingerprint density at radius 3 is 2.39 bits per heavy atom. The maximum absolute atomic E-state index is 16.0. The molecule has 0 radical (unpaired) electrons. The Labute approximate surface area is 305 Å². The first-order chi connectivity index (χ1) is 25.4. The molecule has 4 bridgehead atoms. The smallest absolute Gasteiger partial charge is 0.416 e. The van der Waals surface area contributed by atoms with Gasteiger partial charge in [0.2, 0.25) is 5.91 Å². The van der Waals surface area contributed by atoms with Crippen LogP contribution in [-0.4, -0.2) is 52.0 Å². The zero-order valence-corrected chi connectivity index (χ0v) is 29.2. The highest BCUT2D eigenvalue weighted by Crippen LogP contribution is 2.39. The Morgan fingerprint density at radius 2 is 1.70 bits per heavy atom. The number of carboxylic acids is 1. The van der Waals surface area contributed by atoms with Crippen LogP contribution in [0.25, 0.3) is 11.1 Å². The Morgan fingerprint density at radius 1 is 0.981 bits per heavy atom. The number of aromatic nitrogens is 1. The highest BCUT2D eigenvalue weighted by molar-refractivity contribution is 5.85. The number of halogens is 7. The van der Waals surface area contributed by atoms with Crippen LogP contribution in [0.3, 0.4) is 0 Å². The summed E-state index contributed by atoms with van der Waals surface area (Å²) in [5.41, 5.74) is -1.68. The van der Waals surface area contributed by atoms with Gasteiger partial charge >= 0.3 is 12.1 Å². The van der Waals surface area contributed by atoms with E-state index < -0.39 is 89.2 Å². The molecule has 1 fully saturated rings. The molecule has 1 aromatic heterocycles. The van der Waals surface area contributed by atoms with Crippen LogP contribution in [-0.2, 0) is 28.8 Å². The fraction of sp³-hybridized carbons (Fsp3) is 0.359. The summed E-state index contributed by atoms with van der Waals surface area (Å²) in [5.74, 6) is -7.07. The summed E-state index contributed by atoms with van der Waals surface area (Å²) in [6.45, 7) is 2.81. The number of carbonyl (C=O) groups excluding carboxylic acids is 1. The molecule has 1 saturated heterocycles. The van der Waals surface area contributed by atoms with E-state index in [2.05, 4.69) is 5.32 Å². The monoisotopic (exact) mass is 759 g/mol. The summed E-state index contributed by atoms with van der Waals surface area (Å²) >= 11 is 0.